The van der Waals surface area contributed by atoms with Crippen LogP contribution in [0.1, 0.15) is 20.2 Å². The number of nitrogens with zero attached hydrogens (tertiary/aromatic N) is 1. The zero-order valence-electron chi connectivity index (χ0n) is 10.7. The smallest absolute Gasteiger partial charge is 0.350 e. The number of anilines is 1. The van der Waals surface area contributed by atoms with Gasteiger partial charge in [-0.1, -0.05) is 46.4 Å². The monoisotopic (exact) mass is 398 g/mol. The van der Waals surface area contributed by atoms with Crippen molar-refractivity contribution in [2.24, 2.45) is 0 Å². The summed E-state index contributed by atoms with van der Waals surface area (Å²) >= 11 is 24.5. The van der Waals surface area contributed by atoms with Crippen molar-refractivity contribution in [2.75, 3.05) is 12.4 Å². The molecular weight excluding hydrogens is 394 g/mol. The zero-order chi connectivity index (χ0) is 16.4. The molecule has 0 aliphatic rings. The van der Waals surface area contributed by atoms with E-state index in [0.717, 1.165) is 11.3 Å². The van der Waals surface area contributed by atoms with Crippen LogP contribution in [0.15, 0.2) is 11.4 Å². The van der Waals surface area contributed by atoms with Crippen LogP contribution < -0.4 is 5.32 Å². The minimum Gasteiger partial charge on any atom is -0.465 e. The average Bonchev–Trinajstić information content (AvgIpc) is 2.95. The minimum atomic E-state index is -0.686. The van der Waals surface area contributed by atoms with Crippen LogP contribution in [-0.2, 0) is 4.74 Å². The lowest BCUT2D eigenvalue weighted by Crippen LogP contribution is -2.16. The van der Waals surface area contributed by atoms with Crippen molar-refractivity contribution in [1.82, 2.24) is 4.98 Å². The summed E-state index contributed by atoms with van der Waals surface area (Å²) in [6.07, 6.45) is 0. The molecule has 2 heterocycles. The number of pyridine rings is 1. The number of hydrogen-bond acceptors (Lipinski definition) is 5. The Hall–Kier alpha value is -1.05. The van der Waals surface area contributed by atoms with E-state index in [-0.39, 0.29) is 36.5 Å². The van der Waals surface area contributed by atoms with E-state index < -0.39 is 11.9 Å². The van der Waals surface area contributed by atoms with Gasteiger partial charge in [0.25, 0.3) is 5.91 Å². The van der Waals surface area contributed by atoms with Crippen LogP contribution in [0.2, 0.25) is 20.2 Å². The molecular formula is C12H6Cl4N2O3S. The Kier molecular flexibility index (Phi) is 5.52. The first-order chi connectivity index (χ1) is 10.4. The van der Waals surface area contributed by atoms with E-state index >= 15 is 0 Å². The molecule has 0 bridgehead atoms. The summed E-state index contributed by atoms with van der Waals surface area (Å²) in [6, 6.07) is 1.54. The number of thiophene rings is 1. The number of rotatable bonds is 3. The highest BCUT2D eigenvalue weighted by Gasteiger charge is 2.22. The first-order valence-electron chi connectivity index (χ1n) is 5.54. The molecule has 22 heavy (non-hydrogen) atoms. The summed E-state index contributed by atoms with van der Waals surface area (Å²) in [6.45, 7) is 0. The molecule has 0 spiro atoms. The Labute approximate surface area is 149 Å². The fraction of sp³-hybridized carbons (Fsp3) is 0.0833. The summed E-state index contributed by atoms with van der Waals surface area (Å²) in [5.74, 6) is -1.26. The molecule has 5 nitrogen and oxygen atoms in total. The lowest BCUT2D eigenvalue weighted by atomic mass is 10.3. The maximum absolute atomic E-state index is 12.2. The van der Waals surface area contributed by atoms with Crippen LogP contribution in [0.3, 0.4) is 0 Å². The number of methoxy groups -OCH3 is 1. The highest BCUT2D eigenvalue weighted by Crippen LogP contribution is 2.36. The van der Waals surface area contributed by atoms with Gasteiger partial charge in [-0.15, -0.1) is 11.3 Å². The van der Waals surface area contributed by atoms with Crippen LogP contribution in [0.5, 0.6) is 0 Å². The molecule has 0 saturated carbocycles. The van der Waals surface area contributed by atoms with Gasteiger partial charge in [0.05, 0.1) is 27.9 Å². The van der Waals surface area contributed by atoms with Crippen molar-refractivity contribution in [3.05, 3.63) is 42.2 Å². The highest BCUT2D eigenvalue weighted by atomic mass is 35.5. The Morgan fingerprint density at radius 1 is 1.18 bits per heavy atom. The molecule has 0 unspecified atom stereocenters. The summed E-state index contributed by atoms with van der Waals surface area (Å²) in [7, 11) is 1.24. The second kappa shape index (κ2) is 7.02. The van der Waals surface area contributed by atoms with E-state index in [0.29, 0.717) is 0 Å². The van der Waals surface area contributed by atoms with Crippen LogP contribution in [0, 0.1) is 0 Å². The van der Waals surface area contributed by atoms with Gasteiger partial charge in [-0.05, 0) is 11.4 Å². The van der Waals surface area contributed by atoms with Crippen molar-refractivity contribution in [3.63, 3.8) is 0 Å². The maximum atomic E-state index is 12.2. The van der Waals surface area contributed by atoms with Crippen LogP contribution in [0.25, 0.3) is 0 Å². The van der Waals surface area contributed by atoms with Gasteiger partial charge in [-0.2, -0.15) is 0 Å². The predicted molar refractivity (Wildman–Crippen MR) is 87.9 cm³/mol. The van der Waals surface area contributed by atoms with E-state index in [1.54, 1.807) is 11.4 Å². The van der Waals surface area contributed by atoms with Gasteiger partial charge in [0.2, 0.25) is 0 Å². The molecule has 0 radical (unpaired) electrons. The number of nitrogens with one attached hydrogen (secondary N) is 1. The van der Waals surface area contributed by atoms with Crippen molar-refractivity contribution in [2.45, 2.75) is 0 Å². The van der Waals surface area contributed by atoms with Gasteiger partial charge in [0.15, 0.2) is 0 Å². The molecule has 0 aromatic carbocycles. The van der Waals surface area contributed by atoms with Crippen molar-refractivity contribution in [1.29, 1.82) is 0 Å². The van der Waals surface area contributed by atoms with E-state index in [9.17, 15) is 9.59 Å². The van der Waals surface area contributed by atoms with Gasteiger partial charge < -0.3 is 10.1 Å². The summed E-state index contributed by atoms with van der Waals surface area (Å²) in [5, 5.41) is 3.71. The van der Waals surface area contributed by atoms with Gasteiger partial charge in [0.1, 0.15) is 15.7 Å². The first kappa shape index (κ1) is 17.3. The number of carbonyl (C=O) groups excluding carboxylic acids is 2. The molecule has 116 valence electrons. The van der Waals surface area contributed by atoms with Crippen molar-refractivity contribution < 1.29 is 14.3 Å². The predicted octanol–water partition coefficient (Wildman–Crippen LogP) is 4.80. The normalized spacial score (nSPS) is 10.4. The zero-order valence-corrected chi connectivity index (χ0v) is 14.6. The number of amides is 1. The van der Waals surface area contributed by atoms with Crippen molar-refractivity contribution in [3.8, 4) is 0 Å². The van der Waals surface area contributed by atoms with Gasteiger partial charge in [-0.25, -0.2) is 9.78 Å². The molecule has 0 saturated heterocycles. The number of aromatic nitrogens is 1. The fourth-order valence-corrected chi connectivity index (χ4v) is 3.06. The van der Waals surface area contributed by atoms with Gasteiger partial charge >= 0.3 is 5.97 Å². The molecule has 0 fully saturated rings. The fourth-order valence-electron chi connectivity index (χ4n) is 1.48. The molecule has 2 aromatic heterocycles. The average molecular weight is 400 g/mol. The molecule has 1 N–H and O–H groups in total. The number of ether oxygens (including phenoxy) is 1. The largest absolute Gasteiger partial charge is 0.465 e. The molecule has 0 aliphatic carbocycles. The third-order valence-electron chi connectivity index (χ3n) is 2.48. The van der Waals surface area contributed by atoms with Crippen molar-refractivity contribution >= 4 is 75.3 Å². The molecule has 2 aromatic rings. The SMILES string of the molecule is COC(=O)c1sccc1NC(=O)c1nc(Cl)c(Cl)c(Cl)c1Cl. The van der Waals surface area contributed by atoms with Gasteiger partial charge in [-0.3, -0.25) is 4.79 Å². The standard InChI is InChI=1S/C12H6Cl4N2O3S/c1-21-12(20)9-4(2-3-22-9)17-11(19)8-6(14)5(13)7(15)10(16)18-8/h2-3H,1H3,(H,17,19). The lowest BCUT2D eigenvalue weighted by molar-refractivity contribution is 0.0607. The van der Waals surface area contributed by atoms with E-state index in [2.05, 4.69) is 15.0 Å². The molecule has 0 aliphatic heterocycles. The quantitative estimate of drug-likeness (QED) is 0.594. The molecule has 2 rings (SSSR count). The number of esters is 1. The third-order valence-corrected chi connectivity index (χ3v) is 5.06. The number of carbonyl (C=O) groups is 2. The maximum Gasteiger partial charge on any atom is 0.350 e. The van der Waals surface area contributed by atoms with Crippen LogP contribution in [-0.4, -0.2) is 24.0 Å². The Balaban J connectivity index is 2.35. The lowest BCUT2D eigenvalue weighted by Gasteiger charge is -2.09. The first-order valence-corrected chi connectivity index (χ1v) is 7.93. The van der Waals surface area contributed by atoms with Crippen LogP contribution >= 0.6 is 57.7 Å². The number of halogens is 4. The minimum absolute atomic E-state index is 0.0457. The molecule has 10 heteroatoms. The Morgan fingerprint density at radius 3 is 2.50 bits per heavy atom. The Morgan fingerprint density at radius 2 is 1.86 bits per heavy atom. The number of hydrogen-bond donors (Lipinski definition) is 1. The Bertz CT molecular complexity index is 763. The summed E-state index contributed by atoms with van der Waals surface area (Å²) in [4.78, 5) is 27.8. The second-order valence-electron chi connectivity index (χ2n) is 3.80. The third kappa shape index (κ3) is 3.31. The van der Waals surface area contributed by atoms with E-state index in [4.69, 9.17) is 46.4 Å². The summed E-state index contributed by atoms with van der Waals surface area (Å²) < 4.78 is 4.62. The van der Waals surface area contributed by atoms with Gasteiger partial charge in [0, 0.05) is 0 Å². The highest BCUT2D eigenvalue weighted by molar-refractivity contribution is 7.12. The summed E-state index contributed by atoms with van der Waals surface area (Å²) in [5.41, 5.74) is 0.0602. The molecule has 0 atom stereocenters. The molecule has 1 amide bonds. The topological polar surface area (TPSA) is 68.3 Å². The van der Waals surface area contributed by atoms with Crippen LogP contribution in [0.4, 0.5) is 5.69 Å². The van der Waals surface area contributed by atoms with E-state index in [1.807, 2.05) is 0 Å². The van der Waals surface area contributed by atoms with E-state index in [1.165, 1.54) is 7.11 Å². The second-order valence-corrected chi connectivity index (χ2v) is 6.21.